The lowest BCUT2D eigenvalue weighted by Gasteiger charge is -2.11. The Labute approximate surface area is 139 Å². The summed E-state index contributed by atoms with van der Waals surface area (Å²) in [5.74, 6) is 0. The average Bonchev–Trinajstić information content (AvgIpc) is 2.84. The lowest BCUT2D eigenvalue weighted by atomic mass is 10.2. The minimum absolute atomic E-state index is 0.262. The highest BCUT2D eigenvalue weighted by Gasteiger charge is 2.15. The summed E-state index contributed by atoms with van der Waals surface area (Å²) in [6.07, 6.45) is 3.80. The quantitative estimate of drug-likeness (QED) is 0.508. The van der Waals surface area contributed by atoms with Crippen LogP contribution in [0.25, 0.3) is 11.2 Å². The fourth-order valence-electron chi connectivity index (χ4n) is 2.64. The Bertz CT molecular complexity index is 954. The Morgan fingerprint density at radius 1 is 1.25 bits per heavy atom. The molecule has 2 aromatic heterocycles. The SMILES string of the molecule is CC(CCCCn1c(=O)c2c(ncn2C)n(C)c1=O)OS(C)(=O)=O. The minimum Gasteiger partial charge on any atom is -0.328 e. The highest BCUT2D eigenvalue weighted by molar-refractivity contribution is 7.86. The van der Waals surface area contributed by atoms with E-state index >= 15 is 0 Å². The van der Waals surface area contributed by atoms with Gasteiger partial charge in [-0.05, 0) is 26.2 Å². The highest BCUT2D eigenvalue weighted by atomic mass is 32.2. The van der Waals surface area contributed by atoms with Crippen LogP contribution in [0.3, 0.4) is 0 Å². The summed E-state index contributed by atoms with van der Waals surface area (Å²) in [5, 5.41) is 0. The van der Waals surface area contributed by atoms with Gasteiger partial charge in [0.25, 0.3) is 15.7 Å². The monoisotopic (exact) mass is 358 g/mol. The van der Waals surface area contributed by atoms with Gasteiger partial charge in [-0.15, -0.1) is 0 Å². The normalized spacial score (nSPS) is 13.5. The van der Waals surface area contributed by atoms with Gasteiger partial charge in [0.2, 0.25) is 0 Å². The Hall–Kier alpha value is -1.94. The Balaban J connectivity index is 2.10. The van der Waals surface area contributed by atoms with E-state index in [4.69, 9.17) is 4.18 Å². The second-order valence-electron chi connectivity index (χ2n) is 5.93. The number of fused-ring (bicyclic) bond motifs is 1. The minimum atomic E-state index is -3.47. The molecule has 2 rings (SSSR count). The molecule has 0 amide bonds. The molecule has 0 saturated carbocycles. The van der Waals surface area contributed by atoms with Crippen molar-refractivity contribution in [2.24, 2.45) is 14.1 Å². The molecule has 9 nitrogen and oxygen atoms in total. The Morgan fingerprint density at radius 3 is 2.54 bits per heavy atom. The number of hydrogen-bond donors (Lipinski definition) is 0. The van der Waals surface area contributed by atoms with E-state index in [0.717, 1.165) is 6.26 Å². The number of aryl methyl sites for hydroxylation is 2. The molecule has 0 N–H and O–H groups in total. The molecule has 24 heavy (non-hydrogen) atoms. The molecule has 0 bridgehead atoms. The molecule has 134 valence electrons. The van der Waals surface area contributed by atoms with Gasteiger partial charge in [0.1, 0.15) is 0 Å². The third kappa shape index (κ3) is 3.93. The average molecular weight is 358 g/mol. The zero-order chi connectivity index (χ0) is 18.1. The number of unbranched alkanes of at least 4 members (excludes halogenated alkanes) is 1. The van der Waals surface area contributed by atoms with E-state index in [1.54, 1.807) is 25.6 Å². The van der Waals surface area contributed by atoms with Crippen LogP contribution in [-0.4, -0.2) is 39.5 Å². The topological polar surface area (TPSA) is 105 Å². The van der Waals surface area contributed by atoms with Crippen LogP contribution in [-0.2, 0) is 34.9 Å². The van der Waals surface area contributed by atoms with Crippen molar-refractivity contribution in [3.05, 3.63) is 27.2 Å². The number of nitrogens with zero attached hydrogens (tertiary/aromatic N) is 4. The Kier molecular flexibility index (Phi) is 5.29. The van der Waals surface area contributed by atoms with E-state index in [-0.39, 0.29) is 12.1 Å². The first-order valence-electron chi connectivity index (χ1n) is 7.61. The van der Waals surface area contributed by atoms with Crippen LogP contribution in [0.15, 0.2) is 15.9 Å². The van der Waals surface area contributed by atoms with Crippen molar-refractivity contribution in [1.29, 1.82) is 0 Å². The number of aromatic nitrogens is 4. The predicted molar refractivity (Wildman–Crippen MR) is 89.5 cm³/mol. The van der Waals surface area contributed by atoms with Gasteiger partial charge in [0, 0.05) is 20.6 Å². The maximum absolute atomic E-state index is 12.5. The second kappa shape index (κ2) is 6.89. The van der Waals surface area contributed by atoms with Gasteiger partial charge in [0.05, 0.1) is 18.7 Å². The Morgan fingerprint density at radius 2 is 1.92 bits per heavy atom. The van der Waals surface area contributed by atoms with Crippen molar-refractivity contribution in [3.8, 4) is 0 Å². The second-order valence-corrected chi connectivity index (χ2v) is 7.53. The standard InChI is InChI=1S/C14H22N4O5S/c1-10(23-24(4,21)22)7-5-6-8-18-13(19)11-12(15-9-16(11)2)17(3)14(18)20/h9-10H,5-8H2,1-4H3. The van der Waals surface area contributed by atoms with E-state index in [1.807, 2.05) is 0 Å². The van der Waals surface area contributed by atoms with Gasteiger partial charge in [-0.1, -0.05) is 0 Å². The van der Waals surface area contributed by atoms with E-state index in [0.29, 0.717) is 30.4 Å². The summed E-state index contributed by atoms with van der Waals surface area (Å²) in [4.78, 5) is 28.9. The predicted octanol–water partition coefficient (Wildman–Crippen LogP) is -0.0313. The van der Waals surface area contributed by atoms with E-state index in [2.05, 4.69) is 4.98 Å². The summed E-state index contributed by atoms with van der Waals surface area (Å²) >= 11 is 0. The van der Waals surface area contributed by atoms with Gasteiger partial charge in [-0.2, -0.15) is 8.42 Å². The molecule has 0 aliphatic rings. The van der Waals surface area contributed by atoms with Crippen molar-refractivity contribution >= 4 is 21.3 Å². The van der Waals surface area contributed by atoms with Crippen LogP contribution in [0.2, 0.25) is 0 Å². The lowest BCUT2D eigenvalue weighted by molar-refractivity contribution is 0.215. The maximum atomic E-state index is 12.5. The summed E-state index contributed by atoms with van der Waals surface area (Å²) in [6.45, 7) is 1.94. The molecule has 0 radical (unpaired) electrons. The van der Waals surface area contributed by atoms with Crippen LogP contribution in [0.1, 0.15) is 26.2 Å². The van der Waals surface area contributed by atoms with Crippen molar-refractivity contribution in [1.82, 2.24) is 18.7 Å². The fourth-order valence-corrected chi connectivity index (χ4v) is 3.33. The van der Waals surface area contributed by atoms with Gasteiger partial charge in [0.15, 0.2) is 11.2 Å². The number of rotatable bonds is 7. The molecular weight excluding hydrogens is 336 g/mol. The van der Waals surface area contributed by atoms with Gasteiger partial charge >= 0.3 is 5.69 Å². The summed E-state index contributed by atoms with van der Waals surface area (Å²) in [5.41, 5.74) is -0.0371. The fraction of sp³-hybridized carbons (Fsp3) is 0.643. The molecular formula is C14H22N4O5S. The van der Waals surface area contributed by atoms with Crippen molar-refractivity contribution < 1.29 is 12.6 Å². The van der Waals surface area contributed by atoms with E-state index in [9.17, 15) is 18.0 Å². The van der Waals surface area contributed by atoms with E-state index < -0.39 is 21.9 Å². The molecule has 0 spiro atoms. The van der Waals surface area contributed by atoms with Gasteiger partial charge in [-0.25, -0.2) is 9.78 Å². The molecule has 2 heterocycles. The first kappa shape index (κ1) is 18.4. The first-order valence-corrected chi connectivity index (χ1v) is 9.42. The van der Waals surface area contributed by atoms with Crippen LogP contribution < -0.4 is 11.2 Å². The van der Waals surface area contributed by atoms with Crippen molar-refractivity contribution in [3.63, 3.8) is 0 Å². The lowest BCUT2D eigenvalue weighted by Crippen LogP contribution is -2.39. The molecule has 10 heteroatoms. The van der Waals surface area contributed by atoms with Crippen molar-refractivity contribution in [2.45, 2.75) is 38.8 Å². The zero-order valence-electron chi connectivity index (χ0n) is 14.2. The molecule has 1 atom stereocenters. The zero-order valence-corrected chi connectivity index (χ0v) is 15.0. The van der Waals surface area contributed by atoms with Crippen LogP contribution in [0, 0.1) is 0 Å². The van der Waals surface area contributed by atoms with Crippen LogP contribution >= 0.6 is 0 Å². The van der Waals surface area contributed by atoms with Gasteiger partial charge < -0.3 is 4.57 Å². The molecule has 0 aliphatic carbocycles. The van der Waals surface area contributed by atoms with Crippen LogP contribution in [0.5, 0.6) is 0 Å². The highest BCUT2D eigenvalue weighted by Crippen LogP contribution is 2.08. The summed E-state index contributed by atoms with van der Waals surface area (Å²) in [6, 6.07) is 0. The van der Waals surface area contributed by atoms with Crippen molar-refractivity contribution in [2.75, 3.05) is 6.26 Å². The van der Waals surface area contributed by atoms with E-state index in [1.165, 1.54) is 15.5 Å². The molecule has 0 saturated heterocycles. The number of hydrogen-bond acceptors (Lipinski definition) is 6. The largest absolute Gasteiger partial charge is 0.332 e. The molecule has 0 aliphatic heterocycles. The molecule has 1 unspecified atom stereocenters. The molecule has 2 aromatic rings. The first-order chi connectivity index (χ1) is 11.1. The van der Waals surface area contributed by atoms with Gasteiger partial charge in [-0.3, -0.25) is 18.1 Å². The summed E-state index contributed by atoms with van der Waals surface area (Å²) < 4.78 is 31.0. The third-order valence-electron chi connectivity index (χ3n) is 3.78. The summed E-state index contributed by atoms with van der Waals surface area (Å²) in [7, 11) is -0.190. The smallest absolute Gasteiger partial charge is 0.328 e. The van der Waals surface area contributed by atoms with Crippen LogP contribution in [0.4, 0.5) is 0 Å². The molecule has 0 aromatic carbocycles. The maximum Gasteiger partial charge on any atom is 0.332 e. The number of imidazole rings is 1. The third-order valence-corrected chi connectivity index (χ3v) is 4.46. The molecule has 0 fully saturated rings.